The van der Waals surface area contributed by atoms with E-state index in [1.165, 1.54) is 12.8 Å². The summed E-state index contributed by atoms with van der Waals surface area (Å²) in [5.41, 5.74) is 0. The number of nitrogens with zero attached hydrogens (tertiary/aromatic N) is 1. The Balaban J connectivity index is 2.03. The Morgan fingerprint density at radius 1 is 1.54 bits per heavy atom. The van der Waals surface area contributed by atoms with Gasteiger partial charge >= 0.3 is 6.09 Å². The van der Waals surface area contributed by atoms with Crippen molar-refractivity contribution in [1.82, 2.24) is 4.90 Å². The standard InChI is InChI=1S/C10H17NO2/c1-2-9-7-8-5-3-4-6-11(8)10(12)13-9/h8-9H,2-7H2,1H3/t8-,9-/m1/s1. The third kappa shape index (κ3) is 1.64. The third-order valence-electron chi connectivity index (χ3n) is 3.12. The normalized spacial score (nSPS) is 33.9. The Kier molecular flexibility index (Phi) is 2.42. The Labute approximate surface area is 79.0 Å². The number of carbonyl (C=O) groups is 1. The van der Waals surface area contributed by atoms with Crippen molar-refractivity contribution in [2.75, 3.05) is 6.54 Å². The molecular formula is C10H17NO2. The first-order chi connectivity index (χ1) is 6.31. The highest BCUT2D eigenvalue weighted by atomic mass is 16.6. The molecular weight excluding hydrogens is 166 g/mol. The van der Waals surface area contributed by atoms with E-state index in [0.717, 1.165) is 25.8 Å². The fraction of sp³-hybridized carbons (Fsp3) is 0.900. The molecule has 0 N–H and O–H groups in total. The highest BCUT2D eigenvalue weighted by molar-refractivity contribution is 5.69. The molecule has 2 aliphatic heterocycles. The first kappa shape index (κ1) is 8.85. The van der Waals surface area contributed by atoms with Crippen LogP contribution in [-0.2, 0) is 4.74 Å². The zero-order chi connectivity index (χ0) is 9.26. The van der Waals surface area contributed by atoms with Gasteiger partial charge in [0.1, 0.15) is 6.10 Å². The van der Waals surface area contributed by atoms with Gasteiger partial charge in [-0.3, -0.25) is 0 Å². The van der Waals surface area contributed by atoms with Gasteiger partial charge in [0, 0.05) is 19.0 Å². The van der Waals surface area contributed by atoms with Gasteiger partial charge in [-0.05, 0) is 25.7 Å². The number of carbonyl (C=O) groups excluding carboxylic acids is 1. The summed E-state index contributed by atoms with van der Waals surface area (Å²) in [7, 11) is 0. The number of hydrogen-bond acceptors (Lipinski definition) is 2. The predicted molar refractivity (Wildman–Crippen MR) is 49.5 cm³/mol. The van der Waals surface area contributed by atoms with Gasteiger partial charge in [0.05, 0.1) is 0 Å². The Bertz CT molecular complexity index is 205. The molecule has 0 spiro atoms. The molecule has 0 saturated carbocycles. The van der Waals surface area contributed by atoms with Crippen molar-refractivity contribution in [1.29, 1.82) is 0 Å². The number of cyclic esters (lactones) is 1. The van der Waals surface area contributed by atoms with Crippen molar-refractivity contribution in [3.63, 3.8) is 0 Å². The number of piperidine rings is 1. The van der Waals surface area contributed by atoms with Crippen LogP contribution in [-0.4, -0.2) is 29.7 Å². The molecule has 0 bridgehead atoms. The number of hydrogen-bond donors (Lipinski definition) is 0. The minimum absolute atomic E-state index is 0.0807. The minimum Gasteiger partial charge on any atom is -0.446 e. The van der Waals surface area contributed by atoms with Gasteiger partial charge in [-0.1, -0.05) is 6.92 Å². The summed E-state index contributed by atoms with van der Waals surface area (Å²) in [5.74, 6) is 0. The number of amides is 1. The molecule has 13 heavy (non-hydrogen) atoms. The maximum atomic E-state index is 11.5. The van der Waals surface area contributed by atoms with E-state index in [2.05, 4.69) is 6.92 Å². The first-order valence-corrected chi connectivity index (χ1v) is 5.28. The molecule has 0 aromatic carbocycles. The van der Waals surface area contributed by atoms with Gasteiger partial charge in [0.2, 0.25) is 0 Å². The molecule has 0 aliphatic carbocycles. The highest BCUT2D eigenvalue weighted by Crippen LogP contribution is 2.27. The van der Waals surface area contributed by atoms with Crippen LogP contribution >= 0.6 is 0 Å². The number of fused-ring (bicyclic) bond motifs is 1. The summed E-state index contributed by atoms with van der Waals surface area (Å²) >= 11 is 0. The van der Waals surface area contributed by atoms with Crippen LogP contribution in [0.25, 0.3) is 0 Å². The zero-order valence-corrected chi connectivity index (χ0v) is 8.16. The smallest absolute Gasteiger partial charge is 0.410 e. The lowest BCUT2D eigenvalue weighted by Gasteiger charge is -2.41. The second kappa shape index (κ2) is 3.56. The third-order valence-corrected chi connectivity index (χ3v) is 3.12. The minimum atomic E-state index is -0.0807. The summed E-state index contributed by atoms with van der Waals surface area (Å²) in [4.78, 5) is 13.4. The fourth-order valence-corrected chi connectivity index (χ4v) is 2.30. The Hall–Kier alpha value is -0.730. The van der Waals surface area contributed by atoms with E-state index in [0.29, 0.717) is 6.04 Å². The lowest BCUT2D eigenvalue weighted by Crippen LogP contribution is -2.50. The second-order valence-corrected chi connectivity index (χ2v) is 3.99. The quantitative estimate of drug-likeness (QED) is 0.623. The van der Waals surface area contributed by atoms with Crippen LogP contribution in [0.1, 0.15) is 39.0 Å². The second-order valence-electron chi connectivity index (χ2n) is 3.99. The van der Waals surface area contributed by atoms with E-state index in [1.54, 1.807) is 0 Å². The van der Waals surface area contributed by atoms with Crippen molar-refractivity contribution >= 4 is 6.09 Å². The van der Waals surface area contributed by atoms with Crippen LogP contribution in [0.3, 0.4) is 0 Å². The number of ether oxygens (including phenoxy) is 1. The molecule has 3 nitrogen and oxygen atoms in total. The van der Waals surface area contributed by atoms with E-state index in [4.69, 9.17) is 4.74 Å². The van der Waals surface area contributed by atoms with Crippen molar-refractivity contribution in [3.05, 3.63) is 0 Å². The van der Waals surface area contributed by atoms with Crippen LogP contribution < -0.4 is 0 Å². The van der Waals surface area contributed by atoms with Crippen LogP contribution in [0.2, 0.25) is 0 Å². The summed E-state index contributed by atoms with van der Waals surface area (Å²) < 4.78 is 5.29. The van der Waals surface area contributed by atoms with E-state index in [1.807, 2.05) is 4.90 Å². The molecule has 2 fully saturated rings. The van der Waals surface area contributed by atoms with E-state index < -0.39 is 0 Å². The Morgan fingerprint density at radius 3 is 3.15 bits per heavy atom. The molecule has 3 heteroatoms. The van der Waals surface area contributed by atoms with Crippen molar-refractivity contribution in [2.45, 2.75) is 51.2 Å². The van der Waals surface area contributed by atoms with Gasteiger partial charge in [0.25, 0.3) is 0 Å². The van der Waals surface area contributed by atoms with Crippen molar-refractivity contribution in [3.8, 4) is 0 Å². The number of rotatable bonds is 1. The van der Waals surface area contributed by atoms with Gasteiger partial charge < -0.3 is 9.64 Å². The maximum Gasteiger partial charge on any atom is 0.410 e. The molecule has 2 saturated heterocycles. The summed E-state index contributed by atoms with van der Waals surface area (Å²) in [6, 6.07) is 0.472. The van der Waals surface area contributed by atoms with Crippen LogP contribution in [0.4, 0.5) is 4.79 Å². The summed E-state index contributed by atoms with van der Waals surface area (Å²) in [6.45, 7) is 2.98. The molecule has 0 unspecified atom stereocenters. The SMILES string of the molecule is CC[C@@H]1C[C@H]2CCCCN2C(=O)O1. The van der Waals surface area contributed by atoms with E-state index >= 15 is 0 Å². The molecule has 2 aliphatic rings. The van der Waals surface area contributed by atoms with Crippen LogP contribution in [0.15, 0.2) is 0 Å². The first-order valence-electron chi connectivity index (χ1n) is 5.28. The van der Waals surface area contributed by atoms with E-state index in [-0.39, 0.29) is 12.2 Å². The monoisotopic (exact) mass is 183 g/mol. The molecule has 2 atom stereocenters. The van der Waals surface area contributed by atoms with Crippen LogP contribution in [0.5, 0.6) is 0 Å². The molecule has 74 valence electrons. The zero-order valence-electron chi connectivity index (χ0n) is 8.16. The van der Waals surface area contributed by atoms with Gasteiger partial charge in [-0.2, -0.15) is 0 Å². The lowest BCUT2D eigenvalue weighted by molar-refractivity contribution is -0.0138. The molecule has 2 rings (SSSR count). The van der Waals surface area contributed by atoms with Gasteiger partial charge in [-0.15, -0.1) is 0 Å². The molecule has 1 amide bonds. The topological polar surface area (TPSA) is 29.5 Å². The molecule has 0 radical (unpaired) electrons. The molecule has 2 heterocycles. The fourth-order valence-electron chi connectivity index (χ4n) is 2.30. The average molecular weight is 183 g/mol. The van der Waals surface area contributed by atoms with E-state index in [9.17, 15) is 4.79 Å². The van der Waals surface area contributed by atoms with Gasteiger partial charge in [-0.25, -0.2) is 4.79 Å². The van der Waals surface area contributed by atoms with Crippen molar-refractivity contribution in [2.24, 2.45) is 0 Å². The summed E-state index contributed by atoms with van der Waals surface area (Å²) in [5, 5.41) is 0. The molecule has 0 aromatic heterocycles. The maximum absolute atomic E-state index is 11.5. The molecule has 0 aromatic rings. The van der Waals surface area contributed by atoms with Crippen molar-refractivity contribution < 1.29 is 9.53 Å². The highest BCUT2D eigenvalue weighted by Gasteiger charge is 2.35. The van der Waals surface area contributed by atoms with Crippen LogP contribution in [0, 0.1) is 0 Å². The summed E-state index contributed by atoms with van der Waals surface area (Å²) in [6.07, 6.45) is 5.67. The van der Waals surface area contributed by atoms with Gasteiger partial charge in [0.15, 0.2) is 0 Å². The lowest BCUT2D eigenvalue weighted by atomic mass is 9.95. The Morgan fingerprint density at radius 2 is 2.38 bits per heavy atom. The predicted octanol–water partition coefficient (Wildman–Crippen LogP) is 2.16. The largest absolute Gasteiger partial charge is 0.446 e. The average Bonchev–Trinajstić information content (AvgIpc) is 2.18.